The summed E-state index contributed by atoms with van der Waals surface area (Å²) in [6, 6.07) is 2.85. The molecule has 0 bridgehead atoms. The van der Waals surface area contributed by atoms with E-state index in [2.05, 4.69) is 5.32 Å². The maximum atomic E-state index is 12.2. The third-order valence-corrected chi connectivity index (χ3v) is 5.17. The number of benzene rings is 1. The number of carbonyl (C=O) groups excluding carboxylic acids is 1. The van der Waals surface area contributed by atoms with Crippen LogP contribution in [-0.4, -0.2) is 20.9 Å². The molecule has 5 nitrogen and oxygen atoms in total. The van der Waals surface area contributed by atoms with E-state index in [1.54, 1.807) is 6.92 Å². The fourth-order valence-corrected chi connectivity index (χ4v) is 3.12. The average Bonchev–Trinajstić information content (AvgIpc) is 2.33. The van der Waals surface area contributed by atoms with E-state index in [1.807, 2.05) is 6.92 Å². The predicted octanol–water partition coefficient (Wildman–Crippen LogP) is 1.87. The Balaban J connectivity index is 2.13. The Bertz CT molecular complexity index is 649. The molecule has 0 aromatic heterocycles. The smallest absolute Gasteiger partial charge is 0.251 e. The second-order valence-corrected chi connectivity index (χ2v) is 7.36. The Hall–Kier alpha value is -1.40. The fourth-order valence-electron chi connectivity index (χ4n) is 2.49. The highest BCUT2D eigenvalue weighted by molar-refractivity contribution is 7.89. The molecule has 1 aromatic carbocycles. The van der Waals surface area contributed by atoms with Crippen LogP contribution in [0.1, 0.15) is 47.2 Å². The summed E-state index contributed by atoms with van der Waals surface area (Å²) in [4.78, 5) is 12.2. The molecule has 1 aliphatic rings. The number of aryl methyl sites for hydroxylation is 1. The predicted molar refractivity (Wildman–Crippen MR) is 81.6 cm³/mol. The van der Waals surface area contributed by atoms with Gasteiger partial charge in [0.05, 0.1) is 4.90 Å². The molecule has 1 fully saturated rings. The summed E-state index contributed by atoms with van der Waals surface area (Å²) in [5.74, 6) is 0.490. The van der Waals surface area contributed by atoms with Gasteiger partial charge < -0.3 is 5.32 Å². The Morgan fingerprint density at radius 3 is 2.52 bits per heavy atom. The number of primary sulfonamides is 1. The van der Waals surface area contributed by atoms with Crippen LogP contribution < -0.4 is 10.5 Å². The first-order valence-corrected chi connectivity index (χ1v) is 8.76. The molecule has 0 aliphatic heterocycles. The molecular weight excluding hydrogens is 288 g/mol. The van der Waals surface area contributed by atoms with Crippen molar-refractivity contribution in [2.75, 3.05) is 6.54 Å². The van der Waals surface area contributed by atoms with Gasteiger partial charge in [0, 0.05) is 12.1 Å². The largest absolute Gasteiger partial charge is 0.352 e. The first kappa shape index (κ1) is 16.0. The number of hydrogen-bond donors (Lipinski definition) is 2. The summed E-state index contributed by atoms with van der Waals surface area (Å²) in [5, 5.41) is 8.02. The minimum absolute atomic E-state index is 0.0188. The van der Waals surface area contributed by atoms with Gasteiger partial charge in [-0.2, -0.15) is 0 Å². The lowest BCUT2D eigenvalue weighted by Crippen LogP contribution is -2.28. The van der Waals surface area contributed by atoms with Gasteiger partial charge in [-0.25, -0.2) is 13.6 Å². The molecule has 6 heteroatoms. The molecule has 0 spiro atoms. The van der Waals surface area contributed by atoms with Crippen LogP contribution in [-0.2, 0) is 10.0 Å². The molecule has 3 N–H and O–H groups in total. The first-order valence-electron chi connectivity index (χ1n) is 7.21. The number of sulfonamides is 1. The lowest BCUT2D eigenvalue weighted by Gasteiger charge is -2.25. The van der Waals surface area contributed by atoms with Gasteiger partial charge in [0.1, 0.15) is 0 Å². The van der Waals surface area contributed by atoms with Crippen molar-refractivity contribution in [3.8, 4) is 0 Å². The van der Waals surface area contributed by atoms with E-state index in [0.717, 1.165) is 23.5 Å². The Kier molecular flexibility index (Phi) is 4.68. The Morgan fingerprint density at radius 1 is 1.33 bits per heavy atom. The van der Waals surface area contributed by atoms with Gasteiger partial charge in [0.25, 0.3) is 5.91 Å². The first-order chi connectivity index (χ1) is 9.79. The van der Waals surface area contributed by atoms with Crippen molar-refractivity contribution in [2.24, 2.45) is 11.1 Å². The van der Waals surface area contributed by atoms with E-state index >= 15 is 0 Å². The van der Waals surface area contributed by atoms with Crippen molar-refractivity contribution in [1.82, 2.24) is 5.32 Å². The van der Waals surface area contributed by atoms with Crippen molar-refractivity contribution in [1.29, 1.82) is 0 Å². The number of amides is 1. The van der Waals surface area contributed by atoms with Gasteiger partial charge >= 0.3 is 0 Å². The molecule has 0 heterocycles. The van der Waals surface area contributed by atoms with E-state index in [9.17, 15) is 13.2 Å². The van der Waals surface area contributed by atoms with E-state index in [-0.39, 0.29) is 10.8 Å². The summed E-state index contributed by atoms with van der Waals surface area (Å²) < 4.78 is 22.9. The SMILES string of the molecule is Cc1cc(S(N)(=O)=O)cc(C(=O)NCCC2CCC2)c1C. The van der Waals surface area contributed by atoms with Crippen LogP contribution in [0, 0.1) is 19.8 Å². The quantitative estimate of drug-likeness (QED) is 0.870. The second kappa shape index (κ2) is 6.15. The Labute approximate surface area is 126 Å². The van der Waals surface area contributed by atoms with Crippen LogP contribution in [0.2, 0.25) is 0 Å². The number of rotatable bonds is 5. The lowest BCUT2D eigenvalue weighted by molar-refractivity contribution is 0.0948. The van der Waals surface area contributed by atoms with Crippen molar-refractivity contribution in [2.45, 2.75) is 44.4 Å². The summed E-state index contributed by atoms with van der Waals surface area (Å²) in [5.41, 5.74) is 1.90. The zero-order chi connectivity index (χ0) is 15.6. The molecule has 1 saturated carbocycles. The summed E-state index contributed by atoms with van der Waals surface area (Å²) in [6.07, 6.45) is 4.76. The maximum absolute atomic E-state index is 12.2. The lowest BCUT2D eigenvalue weighted by atomic mass is 9.83. The van der Waals surface area contributed by atoms with Crippen molar-refractivity contribution >= 4 is 15.9 Å². The number of nitrogens with one attached hydrogen (secondary N) is 1. The fraction of sp³-hybridized carbons (Fsp3) is 0.533. The number of nitrogens with two attached hydrogens (primary N) is 1. The van der Waals surface area contributed by atoms with Crippen molar-refractivity contribution < 1.29 is 13.2 Å². The highest BCUT2D eigenvalue weighted by Gasteiger charge is 2.19. The van der Waals surface area contributed by atoms with Crippen LogP contribution in [0.4, 0.5) is 0 Å². The molecule has 1 aromatic rings. The third kappa shape index (κ3) is 3.83. The molecular formula is C15H22N2O3S. The molecule has 0 saturated heterocycles. The van der Waals surface area contributed by atoms with Gasteiger partial charge in [0.2, 0.25) is 10.0 Å². The third-order valence-electron chi connectivity index (χ3n) is 4.28. The van der Waals surface area contributed by atoms with Gasteiger partial charge in [0.15, 0.2) is 0 Å². The van der Waals surface area contributed by atoms with Crippen LogP contribution >= 0.6 is 0 Å². The number of hydrogen-bond acceptors (Lipinski definition) is 3. The minimum atomic E-state index is -3.81. The second-order valence-electron chi connectivity index (χ2n) is 5.80. The monoisotopic (exact) mass is 310 g/mol. The van der Waals surface area contributed by atoms with Gasteiger partial charge in [-0.05, 0) is 49.4 Å². The van der Waals surface area contributed by atoms with Crippen LogP contribution in [0.25, 0.3) is 0 Å². The molecule has 2 rings (SSSR count). The average molecular weight is 310 g/mol. The van der Waals surface area contributed by atoms with E-state index in [4.69, 9.17) is 5.14 Å². The summed E-state index contributed by atoms with van der Waals surface area (Å²) in [6.45, 7) is 4.21. The number of carbonyl (C=O) groups is 1. The van der Waals surface area contributed by atoms with E-state index in [1.165, 1.54) is 31.4 Å². The maximum Gasteiger partial charge on any atom is 0.251 e. The molecule has 21 heavy (non-hydrogen) atoms. The molecule has 116 valence electrons. The van der Waals surface area contributed by atoms with E-state index in [0.29, 0.717) is 12.1 Å². The normalized spacial score (nSPS) is 15.6. The summed E-state index contributed by atoms with van der Waals surface area (Å²) in [7, 11) is -3.81. The van der Waals surface area contributed by atoms with Gasteiger partial charge in [-0.3, -0.25) is 4.79 Å². The zero-order valence-corrected chi connectivity index (χ0v) is 13.3. The van der Waals surface area contributed by atoms with Crippen molar-refractivity contribution in [3.63, 3.8) is 0 Å². The molecule has 0 unspecified atom stereocenters. The van der Waals surface area contributed by atoms with Crippen LogP contribution in [0.5, 0.6) is 0 Å². The van der Waals surface area contributed by atoms with Crippen LogP contribution in [0.3, 0.4) is 0 Å². The standard InChI is InChI=1S/C15H22N2O3S/c1-10-8-13(21(16,19)20)9-14(11(10)2)15(18)17-7-6-12-4-3-5-12/h8-9,12H,3-7H2,1-2H3,(H,17,18)(H2,16,19,20). The molecule has 0 radical (unpaired) electrons. The van der Waals surface area contributed by atoms with Gasteiger partial charge in [-0.15, -0.1) is 0 Å². The molecule has 1 amide bonds. The van der Waals surface area contributed by atoms with Gasteiger partial charge in [-0.1, -0.05) is 19.3 Å². The molecule has 0 atom stereocenters. The van der Waals surface area contributed by atoms with E-state index < -0.39 is 10.0 Å². The topological polar surface area (TPSA) is 89.3 Å². The Morgan fingerprint density at radius 2 is 2.00 bits per heavy atom. The highest BCUT2D eigenvalue weighted by atomic mass is 32.2. The summed E-state index contributed by atoms with van der Waals surface area (Å²) >= 11 is 0. The highest BCUT2D eigenvalue weighted by Crippen LogP contribution is 2.28. The molecule has 1 aliphatic carbocycles. The van der Waals surface area contributed by atoms with Crippen molar-refractivity contribution in [3.05, 3.63) is 28.8 Å². The van der Waals surface area contributed by atoms with Crippen LogP contribution in [0.15, 0.2) is 17.0 Å². The zero-order valence-electron chi connectivity index (χ0n) is 12.5. The minimum Gasteiger partial charge on any atom is -0.352 e.